The van der Waals surface area contributed by atoms with Gasteiger partial charge in [-0.3, -0.25) is 4.79 Å². The molecule has 2 atom stereocenters. The van der Waals surface area contributed by atoms with Gasteiger partial charge in [0.15, 0.2) is 15.0 Å². The molecule has 0 radical (unpaired) electrons. The Labute approximate surface area is 184 Å². The minimum Gasteiger partial charge on any atom is -0.314 e. The lowest BCUT2D eigenvalue weighted by molar-refractivity contribution is -0.117. The van der Waals surface area contributed by atoms with Crippen LogP contribution in [0.1, 0.15) is 12.0 Å². The number of sulfone groups is 1. The van der Waals surface area contributed by atoms with Gasteiger partial charge < -0.3 is 4.90 Å². The summed E-state index contributed by atoms with van der Waals surface area (Å²) in [6.45, 7) is 0. The molecule has 2 heterocycles. The summed E-state index contributed by atoms with van der Waals surface area (Å²) >= 11 is 13.9. The molecule has 0 aromatic heterocycles. The van der Waals surface area contributed by atoms with E-state index in [9.17, 15) is 13.2 Å². The van der Waals surface area contributed by atoms with E-state index in [4.69, 9.17) is 23.2 Å². The van der Waals surface area contributed by atoms with Gasteiger partial charge in [0.2, 0.25) is 5.91 Å². The van der Waals surface area contributed by atoms with Crippen molar-refractivity contribution in [3.63, 3.8) is 0 Å². The molecule has 1 amide bonds. The van der Waals surface area contributed by atoms with E-state index in [1.54, 1.807) is 23.1 Å². The maximum absolute atomic E-state index is 12.5. The van der Waals surface area contributed by atoms with Crippen LogP contribution in [0.5, 0.6) is 0 Å². The molecule has 0 aliphatic carbocycles. The molecule has 152 valence electrons. The average molecular weight is 469 g/mol. The molecule has 0 N–H and O–H groups in total. The van der Waals surface area contributed by atoms with Crippen molar-refractivity contribution < 1.29 is 13.2 Å². The Morgan fingerprint density at radius 3 is 2.66 bits per heavy atom. The van der Waals surface area contributed by atoms with Gasteiger partial charge in [-0.05, 0) is 30.2 Å². The third kappa shape index (κ3) is 4.63. The third-order valence-corrected chi connectivity index (χ3v) is 8.69. The van der Waals surface area contributed by atoms with Gasteiger partial charge in [-0.15, -0.1) is 0 Å². The number of aryl methyl sites for hydroxylation is 1. The van der Waals surface area contributed by atoms with Crippen LogP contribution in [0.2, 0.25) is 10.0 Å². The Balaban J connectivity index is 1.61. The highest BCUT2D eigenvalue weighted by Crippen LogP contribution is 2.43. The molecule has 0 spiro atoms. The van der Waals surface area contributed by atoms with E-state index >= 15 is 0 Å². The van der Waals surface area contributed by atoms with Crippen LogP contribution in [-0.2, 0) is 21.1 Å². The van der Waals surface area contributed by atoms with E-state index in [-0.39, 0.29) is 35.1 Å². The van der Waals surface area contributed by atoms with E-state index in [2.05, 4.69) is 4.99 Å². The molecule has 2 fully saturated rings. The second-order valence-corrected chi connectivity index (χ2v) is 11.2. The first-order valence-corrected chi connectivity index (χ1v) is 12.5. The van der Waals surface area contributed by atoms with Crippen LogP contribution in [-0.4, -0.2) is 42.3 Å². The topological polar surface area (TPSA) is 66.8 Å². The fourth-order valence-electron chi connectivity index (χ4n) is 3.58. The van der Waals surface area contributed by atoms with Crippen molar-refractivity contribution in [1.82, 2.24) is 0 Å². The van der Waals surface area contributed by atoms with E-state index in [1.165, 1.54) is 11.8 Å². The van der Waals surface area contributed by atoms with Gasteiger partial charge in [-0.2, -0.15) is 4.99 Å². The van der Waals surface area contributed by atoms with Crippen molar-refractivity contribution in [1.29, 1.82) is 0 Å². The summed E-state index contributed by atoms with van der Waals surface area (Å²) in [4.78, 5) is 18.6. The number of nitrogens with zero attached hydrogens (tertiary/aromatic N) is 2. The van der Waals surface area contributed by atoms with Crippen molar-refractivity contribution >= 4 is 61.6 Å². The van der Waals surface area contributed by atoms with Crippen molar-refractivity contribution in [3.8, 4) is 0 Å². The van der Waals surface area contributed by atoms with Gasteiger partial charge in [-0.1, -0.05) is 65.3 Å². The van der Waals surface area contributed by atoms with Crippen LogP contribution in [0, 0.1) is 0 Å². The van der Waals surface area contributed by atoms with Crippen molar-refractivity contribution in [2.45, 2.75) is 24.1 Å². The largest absolute Gasteiger partial charge is 0.314 e. The fraction of sp³-hybridized carbons (Fsp3) is 0.300. The lowest BCUT2D eigenvalue weighted by atomic mass is 10.1. The number of anilines is 1. The minimum absolute atomic E-state index is 0.00470. The standard InChI is InChI=1S/C20H18Cl2N2O3S2/c21-14-7-8-15(22)16(10-14)24-17-11-29(26,27)12-18(17)28-20(24)23-19(25)9-6-13-4-2-1-3-5-13/h1-5,7-8,10,17-18H,6,9,11-12H2/t17-,18+/m0/s1. The Morgan fingerprint density at radius 2 is 1.90 bits per heavy atom. The number of fused-ring (bicyclic) bond motifs is 1. The maximum Gasteiger partial charge on any atom is 0.248 e. The number of carbonyl (C=O) groups is 1. The monoisotopic (exact) mass is 468 g/mol. The Bertz CT molecular complexity index is 1070. The minimum atomic E-state index is -3.15. The second-order valence-electron chi connectivity index (χ2n) is 7.04. The zero-order valence-corrected chi connectivity index (χ0v) is 18.4. The highest BCUT2D eigenvalue weighted by molar-refractivity contribution is 8.16. The zero-order chi connectivity index (χ0) is 20.6. The van der Waals surface area contributed by atoms with Crippen molar-refractivity contribution in [2.75, 3.05) is 16.4 Å². The molecule has 2 aromatic carbocycles. The number of halogens is 2. The smallest absolute Gasteiger partial charge is 0.248 e. The molecule has 2 aliphatic rings. The molecule has 2 aromatic rings. The fourth-order valence-corrected chi connectivity index (χ4v) is 7.87. The van der Waals surface area contributed by atoms with Crippen LogP contribution < -0.4 is 4.90 Å². The highest BCUT2D eigenvalue weighted by Gasteiger charge is 2.49. The number of carbonyl (C=O) groups excluding carboxylic acids is 1. The summed E-state index contributed by atoms with van der Waals surface area (Å²) in [6.07, 6.45) is 0.874. The average Bonchev–Trinajstić information content (AvgIpc) is 3.14. The van der Waals surface area contributed by atoms with Crippen molar-refractivity contribution in [3.05, 3.63) is 64.1 Å². The number of aliphatic imine (C=N–C) groups is 1. The van der Waals surface area contributed by atoms with E-state index in [1.807, 2.05) is 30.3 Å². The summed E-state index contributed by atoms with van der Waals surface area (Å²) < 4.78 is 24.3. The van der Waals surface area contributed by atoms with Crippen LogP contribution >= 0.6 is 35.0 Å². The predicted molar refractivity (Wildman–Crippen MR) is 120 cm³/mol. The first-order chi connectivity index (χ1) is 13.8. The molecule has 0 bridgehead atoms. The summed E-state index contributed by atoms with van der Waals surface area (Å²) in [6, 6.07) is 14.4. The van der Waals surface area contributed by atoms with Gasteiger partial charge in [0.1, 0.15) is 0 Å². The summed E-state index contributed by atoms with van der Waals surface area (Å²) in [5.74, 6) is -0.179. The second kappa shape index (κ2) is 8.30. The molecule has 2 saturated heterocycles. The Hall–Kier alpha value is -1.54. The lowest BCUT2D eigenvalue weighted by Gasteiger charge is -2.25. The molecule has 0 saturated carbocycles. The number of thioether (sulfide) groups is 1. The third-order valence-electron chi connectivity index (χ3n) is 4.92. The first-order valence-electron chi connectivity index (χ1n) is 9.09. The molecule has 9 heteroatoms. The normalized spacial score (nSPS) is 24.1. The zero-order valence-electron chi connectivity index (χ0n) is 15.3. The van der Waals surface area contributed by atoms with Crippen LogP contribution in [0.15, 0.2) is 53.5 Å². The molecule has 4 rings (SSSR count). The van der Waals surface area contributed by atoms with E-state index in [0.717, 1.165) is 5.56 Å². The SMILES string of the molecule is O=C(CCc1ccccc1)N=C1S[C@@H]2CS(=O)(=O)C[C@@H]2N1c1cc(Cl)ccc1Cl. The number of hydrogen-bond donors (Lipinski definition) is 0. The van der Waals surface area contributed by atoms with Crippen LogP contribution in [0.4, 0.5) is 5.69 Å². The molecular formula is C20H18Cl2N2O3S2. The maximum atomic E-state index is 12.5. The lowest BCUT2D eigenvalue weighted by Crippen LogP contribution is -2.38. The number of rotatable bonds is 4. The molecule has 5 nitrogen and oxygen atoms in total. The molecule has 29 heavy (non-hydrogen) atoms. The highest BCUT2D eigenvalue weighted by atomic mass is 35.5. The van der Waals surface area contributed by atoms with Gasteiger partial charge in [-0.25, -0.2) is 8.42 Å². The quantitative estimate of drug-likeness (QED) is 0.671. The number of hydrogen-bond acceptors (Lipinski definition) is 4. The van der Waals surface area contributed by atoms with Crippen LogP contribution in [0.3, 0.4) is 0 Å². The Morgan fingerprint density at radius 1 is 1.14 bits per heavy atom. The van der Waals surface area contributed by atoms with Gasteiger partial charge in [0.25, 0.3) is 0 Å². The summed E-state index contributed by atoms with van der Waals surface area (Å²) in [5.41, 5.74) is 1.64. The van der Waals surface area contributed by atoms with Gasteiger partial charge in [0, 0.05) is 16.7 Å². The molecule has 0 unspecified atom stereocenters. The summed E-state index contributed by atoms with van der Waals surface area (Å²) in [5, 5.41) is 1.21. The van der Waals surface area contributed by atoms with Crippen LogP contribution in [0.25, 0.3) is 0 Å². The Kier molecular flexibility index (Phi) is 5.93. The van der Waals surface area contributed by atoms with Gasteiger partial charge in [0.05, 0.1) is 28.3 Å². The van der Waals surface area contributed by atoms with E-state index < -0.39 is 9.84 Å². The molecule has 2 aliphatic heterocycles. The number of amides is 1. The first kappa shape index (κ1) is 20.7. The van der Waals surface area contributed by atoms with Crippen molar-refractivity contribution in [2.24, 2.45) is 4.99 Å². The molecular weight excluding hydrogens is 451 g/mol. The number of benzene rings is 2. The van der Waals surface area contributed by atoms with E-state index in [0.29, 0.717) is 27.3 Å². The summed E-state index contributed by atoms with van der Waals surface area (Å²) in [7, 11) is -3.15. The number of amidine groups is 1. The predicted octanol–water partition coefficient (Wildman–Crippen LogP) is 4.23. The van der Waals surface area contributed by atoms with Gasteiger partial charge >= 0.3 is 0 Å².